The first-order valence-electron chi connectivity index (χ1n) is 7.28. The molecule has 1 aromatic carbocycles. The maximum atomic E-state index is 11.7. The van der Waals surface area contributed by atoms with Crippen molar-refractivity contribution in [3.63, 3.8) is 0 Å². The first-order valence-corrected chi connectivity index (χ1v) is 7.28. The van der Waals surface area contributed by atoms with Crippen molar-refractivity contribution < 1.29 is 14.3 Å². The van der Waals surface area contributed by atoms with Crippen molar-refractivity contribution in [2.45, 2.75) is 52.1 Å². The molecular weight excluding hydrogens is 254 g/mol. The Morgan fingerprint density at radius 3 is 3.00 bits per heavy atom. The van der Waals surface area contributed by atoms with Gasteiger partial charge in [-0.05, 0) is 44.7 Å². The van der Waals surface area contributed by atoms with Crippen molar-refractivity contribution in [2.24, 2.45) is 0 Å². The molecule has 2 rings (SSSR count). The van der Waals surface area contributed by atoms with Crippen LogP contribution >= 0.6 is 0 Å². The Morgan fingerprint density at radius 1 is 1.45 bits per heavy atom. The number of nitrogens with one attached hydrogen (secondary N) is 1. The van der Waals surface area contributed by atoms with Crippen LogP contribution in [0.2, 0.25) is 0 Å². The molecule has 1 heterocycles. The van der Waals surface area contributed by atoms with Crippen LogP contribution in [0.3, 0.4) is 0 Å². The number of para-hydroxylation sites is 1. The van der Waals surface area contributed by atoms with Crippen LogP contribution in [0, 0.1) is 0 Å². The summed E-state index contributed by atoms with van der Waals surface area (Å²) in [5.74, 6) is 1.21. The van der Waals surface area contributed by atoms with Crippen LogP contribution in [-0.4, -0.2) is 18.2 Å². The van der Waals surface area contributed by atoms with Crippen LogP contribution in [0.4, 0.5) is 4.79 Å². The molecule has 1 aliphatic rings. The van der Waals surface area contributed by atoms with Crippen LogP contribution in [0.5, 0.6) is 11.5 Å². The smallest absolute Gasteiger partial charge is 0.412 e. The van der Waals surface area contributed by atoms with Gasteiger partial charge in [0.15, 0.2) is 11.5 Å². The average molecular weight is 277 g/mol. The highest BCUT2D eigenvalue weighted by Gasteiger charge is 2.29. The molecule has 20 heavy (non-hydrogen) atoms. The number of unbranched alkanes of at least 4 members (excludes halogenated alkanes) is 1. The Bertz CT molecular complexity index is 483. The molecule has 4 nitrogen and oxygen atoms in total. The van der Waals surface area contributed by atoms with E-state index in [1.54, 1.807) is 6.07 Å². The molecule has 1 N–H and O–H groups in total. The molecule has 0 radical (unpaired) electrons. The van der Waals surface area contributed by atoms with Crippen LogP contribution < -0.4 is 14.8 Å². The van der Waals surface area contributed by atoms with Gasteiger partial charge in [-0.25, -0.2) is 4.79 Å². The summed E-state index contributed by atoms with van der Waals surface area (Å²) in [7, 11) is 0. The minimum atomic E-state index is -0.418. The summed E-state index contributed by atoms with van der Waals surface area (Å²) in [6.07, 6.45) is 3.48. The fraction of sp³-hybridized carbons (Fsp3) is 0.562. The van der Waals surface area contributed by atoms with Crippen molar-refractivity contribution in [1.82, 2.24) is 5.32 Å². The third kappa shape index (κ3) is 3.65. The topological polar surface area (TPSA) is 47.6 Å². The van der Waals surface area contributed by atoms with Gasteiger partial charge in [0.05, 0.1) is 0 Å². The monoisotopic (exact) mass is 277 g/mol. The zero-order valence-electron chi connectivity index (χ0n) is 12.5. The predicted octanol–water partition coefficient (Wildman–Crippen LogP) is 3.68. The maximum absolute atomic E-state index is 11.7. The molecule has 0 aliphatic carbocycles. The SMILES string of the molecule is CCCCNC(=O)Oc1cccc2c1OC(C)(C)CC2. The van der Waals surface area contributed by atoms with Crippen LogP contribution in [0.1, 0.15) is 45.6 Å². The molecule has 1 aromatic rings. The highest BCUT2D eigenvalue weighted by molar-refractivity contribution is 5.71. The summed E-state index contributed by atoms with van der Waals surface area (Å²) in [5, 5.41) is 2.74. The van der Waals surface area contributed by atoms with E-state index in [1.807, 2.05) is 26.0 Å². The molecule has 0 atom stereocenters. The molecule has 0 fully saturated rings. The van der Waals surface area contributed by atoms with E-state index in [2.05, 4.69) is 12.2 Å². The molecule has 4 heteroatoms. The van der Waals surface area contributed by atoms with Gasteiger partial charge in [-0.3, -0.25) is 0 Å². The van der Waals surface area contributed by atoms with Crippen molar-refractivity contribution >= 4 is 6.09 Å². The Hall–Kier alpha value is -1.71. The van der Waals surface area contributed by atoms with E-state index in [9.17, 15) is 4.79 Å². The zero-order valence-corrected chi connectivity index (χ0v) is 12.5. The van der Waals surface area contributed by atoms with E-state index in [1.165, 1.54) is 0 Å². The molecule has 110 valence electrons. The maximum Gasteiger partial charge on any atom is 0.412 e. The number of amides is 1. The molecule has 0 aromatic heterocycles. The summed E-state index contributed by atoms with van der Waals surface area (Å²) in [6, 6.07) is 5.70. The minimum Gasteiger partial charge on any atom is -0.484 e. The van der Waals surface area contributed by atoms with Gasteiger partial charge in [0, 0.05) is 6.54 Å². The number of fused-ring (bicyclic) bond motifs is 1. The molecule has 0 saturated heterocycles. The number of carbonyl (C=O) groups is 1. The summed E-state index contributed by atoms with van der Waals surface area (Å²) >= 11 is 0. The summed E-state index contributed by atoms with van der Waals surface area (Å²) in [4.78, 5) is 11.7. The van der Waals surface area contributed by atoms with Gasteiger partial charge in [0.25, 0.3) is 0 Å². The Kier molecular flexibility index (Phi) is 4.53. The van der Waals surface area contributed by atoms with Crippen molar-refractivity contribution in [1.29, 1.82) is 0 Å². The summed E-state index contributed by atoms with van der Waals surface area (Å²) < 4.78 is 11.3. The number of carbonyl (C=O) groups excluding carboxylic acids is 1. The Balaban J connectivity index is 2.07. The molecule has 0 spiro atoms. The highest BCUT2D eigenvalue weighted by atomic mass is 16.6. The molecule has 0 unspecified atom stereocenters. The van der Waals surface area contributed by atoms with E-state index in [4.69, 9.17) is 9.47 Å². The fourth-order valence-electron chi connectivity index (χ4n) is 2.22. The number of benzene rings is 1. The average Bonchev–Trinajstić information content (AvgIpc) is 2.39. The first kappa shape index (κ1) is 14.7. The van der Waals surface area contributed by atoms with Gasteiger partial charge in [-0.1, -0.05) is 25.5 Å². The summed E-state index contributed by atoms with van der Waals surface area (Å²) in [5.41, 5.74) is 0.883. The second kappa shape index (κ2) is 6.16. The lowest BCUT2D eigenvalue weighted by atomic mass is 9.94. The lowest BCUT2D eigenvalue weighted by Crippen LogP contribution is -2.33. The third-order valence-corrected chi connectivity index (χ3v) is 3.44. The van der Waals surface area contributed by atoms with E-state index < -0.39 is 6.09 Å². The van der Waals surface area contributed by atoms with Crippen LogP contribution in [0.25, 0.3) is 0 Å². The van der Waals surface area contributed by atoms with Gasteiger partial charge in [0.1, 0.15) is 5.60 Å². The van der Waals surface area contributed by atoms with E-state index in [-0.39, 0.29) is 5.60 Å². The molecule has 0 bridgehead atoms. The number of rotatable bonds is 4. The molecule has 0 saturated carbocycles. The third-order valence-electron chi connectivity index (χ3n) is 3.44. The van der Waals surface area contributed by atoms with Gasteiger partial charge < -0.3 is 14.8 Å². The molecule has 1 aliphatic heterocycles. The minimum absolute atomic E-state index is 0.217. The second-order valence-corrected chi connectivity index (χ2v) is 5.78. The van der Waals surface area contributed by atoms with Crippen molar-refractivity contribution in [2.75, 3.05) is 6.54 Å². The lowest BCUT2D eigenvalue weighted by Gasteiger charge is -2.33. The molecular formula is C16H23NO3. The largest absolute Gasteiger partial charge is 0.484 e. The zero-order chi connectivity index (χ0) is 14.6. The van der Waals surface area contributed by atoms with Crippen LogP contribution in [0.15, 0.2) is 18.2 Å². The van der Waals surface area contributed by atoms with E-state index in [0.29, 0.717) is 18.0 Å². The fourth-order valence-corrected chi connectivity index (χ4v) is 2.22. The van der Waals surface area contributed by atoms with Crippen molar-refractivity contribution in [3.8, 4) is 11.5 Å². The number of hydrogen-bond acceptors (Lipinski definition) is 3. The lowest BCUT2D eigenvalue weighted by molar-refractivity contribution is 0.0804. The van der Waals surface area contributed by atoms with Crippen molar-refractivity contribution in [3.05, 3.63) is 23.8 Å². The van der Waals surface area contributed by atoms with E-state index >= 15 is 0 Å². The highest BCUT2D eigenvalue weighted by Crippen LogP contribution is 2.39. The number of ether oxygens (including phenoxy) is 2. The van der Waals surface area contributed by atoms with Crippen LogP contribution in [-0.2, 0) is 6.42 Å². The Labute approximate surface area is 120 Å². The normalized spacial score (nSPS) is 15.9. The number of hydrogen-bond donors (Lipinski definition) is 1. The molecule has 1 amide bonds. The predicted molar refractivity (Wildman–Crippen MR) is 78.4 cm³/mol. The summed E-state index contributed by atoms with van der Waals surface area (Å²) in [6.45, 7) is 6.81. The first-order chi connectivity index (χ1) is 9.52. The standard InChI is InChI=1S/C16H23NO3/c1-4-5-11-17-15(18)19-13-8-6-7-12-9-10-16(2,3)20-14(12)13/h6-8H,4-5,9-11H2,1-3H3,(H,17,18). The van der Waals surface area contributed by atoms with Gasteiger partial charge in [0.2, 0.25) is 0 Å². The van der Waals surface area contributed by atoms with E-state index in [0.717, 1.165) is 31.2 Å². The second-order valence-electron chi connectivity index (χ2n) is 5.78. The van der Waals surface area contributed by atoms with Gasteiger partial charge in [-0.15, -0.1) is 0 Å². The van der Waals surface area contributed by atoms with Gasteiger partial charge >= 0.3 is 6.09 Å². The Morgan fingerprint density at radius 2 is 2.25 bits per heavy atom. The van der Waals surface area contributed by atoms with Gasteiger partial charge in [-0.2, -0.15) is 0 Å². The quantitative estimate of drug-likeness (QED) is 0.854. The number of aryl methyl sites for hydroxylation is 1.